The number of halogens is 5. The van der Waals surface area contributed by atoms with E-state index >= 15 is 0 Å². The van der Waals surface area contributed by atoms with Crippen molar-refractivity contribution in [3.63, 3.8) is 0 Å². The smallest absolute Gasteiger partial charge is 0.288 e. The minimum atomic E-state index is -3.48. The van der Waals surface area contributed by atoms with Crippen LogP contribution >= 0.6 is 11.6 Å². The van der Waals surface area contributed by atoms with E-state index in [4.69, 9.17) is 22.7 Å². The van der Waals surface area contributed by atoms with Crippen LogP contribution in [0.25, 0.3) is 0 Å². The van der Waals surface area contributed by atoms with Gasteiger partial charge in [-0.25, -0.2) is 17.6 Å². The number of rotatable bonds is 5. The minimum absolute atomic E-state index is 0.0507. The highest BCUT2D eigenvalue weighted by Crippen LogP contribution is 2.38. The Kier molecular flexibility index (Phi) is 5.70. The van der Waals surface area contributed by atoms with Crippen LogP contribution in [-0.4, -0.2) is 24.4 Å². The fourth-order valence-corrected chi connectivity index (χ4v) is 3.06. The van der Waals surface area contributed by atoms with Crippen molar-refractivity contribution in [3.8, 4) is 0 Å². The van der Waals surface area contributed by atoms with Crippen LogP contribution < -0.4 is 11.1 Å². The first-order valence-corrected chi connectivity index (χ1v) is 8.90. The summed E-state index contributed by atoms with van der Waals surface area (Å²) in [5, 5.41) is 9.99. The first kappa shape index (κ1) is 20.9. The maximum atomic E-state index is 14.5. The van der Waals surface area contributed by atoms with Crippen molar-refractivity contribution in [2.24, 2.45) is 10.7 Å². The maximum Gasteiger partial charge on any atom is 0.288 e. The Bertz CT molecular complexity index is 996. The highest BCUT2D eigenvalue weighted by atomic mass is 35.5. The number of hydrogen-bond acceptors (Lipinski definition) is 4. The van der Waals surface area contributed by atoms with Gasteiger partial charge in [-0.15, -0.1) is 0 Å². The van der Waals surface area contributed by atoms with Gasteiger partial charge in [-0.1, -0.05) is 18.5 Å². The van der Waals surface area contributed by atoms with Crippen LogP contribution in [0.4, 0.5) is 23.2 Å². The van der Waals surface area contributed by atoms with Crippen LogP contribution in [0, 0.1) is 17.0 Å². The number of benzene rings is 2. The van der Waals surface area contributed by atoms with Crippen LogP contribution in [0.2, 0.25) is 5.02 Å². The Morgan fingerprint density at radius 3 is 2.69 bits per heavy atom. The average molecular weight is 429 g/mol. The number of nitrogens with two attached hydrogens (primary N) is 1. The summed E-state index contributed by atoms with van der Waals surface area (Å²) >= 11 is 5.75. The van der Waals surface area contributed by atoms with E-state index in [2.05, 4.69) is 15.0 Å². The lowest BCUT2D eigenvalue weighted by Gasteiger charge is -2.26. The Hall–Kier alpha value is -2.81. The molecule has 1 unspecified atom stereocenters. The summed E-state index contributed by atoms with van der Waals surface area (Å²) in [4.78, 5) is 4.19. The summed E-state index contributed by atoms with van der Waals surface area (Å²) in [5.41, 5.74) is 5.62. The number of nitrogens with one attached hydrogen (secondary N) is 2. The first-order valence-electron chi connectivity index (χ1n) is 8.52. The zero-order chi connectivity index (χ0) is 21.3. The molecule has 0 saturated carbocycles. The van der Waals surface area contributed by atoms with E-state index in [1.807, 2.05) is 0 Å². The lowest BCUT2D eigenvalue weighted by Crippen LogP contribution is -2.33. The van der Waals surface area contributed by atoms with E-state index in [1.54, 1.807) is 0 Å². The summed E-state index contributed by atoms with van der Waals surface area (Å²) in [7, 11) is 0. The van der Waals surface area contributed by atoms with Gasteiger partial charge in [-0.05, 0) is 35.9 Å². The molecule has 10 heteroatoms. The van der Waals surface area contributed by atoms with E-state index < -0.39 is 36.1 Å². The molecule has 3 rings (SSSR count). The Morgan fingerprint density at radius 1 is 1.31 bits per heavy atom. The standard InChI is InChI=1S/C19H17ClF4N4O/c1-9(19(23,24)8-29-18(25)26)13-6-16-10(4-14(13)21)7-27-17(28-16)12-3-2-11(20)5-15(12)22/h2-6,9H,7-8H2,1H3,(H3,25,26)(H,27,28). The molecule has 0 bridgehead atoms. The van der Waals surface area contributed by atoms with E-state index in [9.17, 15) is 17.6 Å². The second-order valence-electron chi connectivity index (χ2n) is 6.58. The molecule has 0 amide bonds. The maximum absolute atomic E-state index is 14.5. The van der Waals surface area contributed by atoms with Crippen LogP contribution in [-0.2, 0) is 11.3 Å². The fraction of sp³-hybridized carbons (Fsp3) is 0.263. The highest BCUT2D eigenvalue weighted by molar-refractivity contribution is 6.30. The van der Waals surface area contributed by atoms with E-state index in [1.165, 1.54) is 18.2 Å². The van der Waals surface area contributed by atoms with Gasteiger partial charge in [0, 0.05) is 16.3 Å². The molecular formula is C19H17ClF4N4O. The number of hydrogen-bond donors (Lipinski definition) is 3. The molecule has 1 aliphatic rings. The molecule has 0 radical (unpaired) electrons. The quantitative estimate of drug-likeness (QED) is 0.368. The summed E-state index contributed by atoms with van der Waals surface area (Å²) < 4.78 is 61.8. The molecule has 2 aromatic carbocycles. The van der Waals surface area contributed by atoms with Gasteiger partial charge in [0.2, 0.25) is 0 Å². The van der Waals surface area contributed by atoms with E-state index in [-0.39, 0.29) is 28.5 Å². The van der Waals surface area contributed by atoms with Crippen LogP contribution in [0.5, 0.6) is 0 Å². The van der Waals surface area contributed by atoms with Crippen LogP contribution in [0.15, 0.2) is 35.3 Å². The molecule has 1 atom stereocenters. The second-order valence-corrected chi connectivity index (χ2v) is 7.02. The van der Waals surface area contributed by atoms with Crippen molar-refractivity contribution in [3.05, 3.63) is 63.7 Å². The minimum Gasteiger partial charge on any atom is -0.459 e. The summed E-state index contributed by atoms with van der Waals surface area (Å²) in [6, 6.07) is 5.58. The monoisotopic (exact) mass is 428 g/mol. The molecule has 0 saturated heterocycles. The Balaban J connectivity index is 1.90. The highest BCUT2D eigenvalue weighted by Gasteiger charge is 2.40. The van der Waals surface area contributed by atoms with Crippen LogP contribution in [0.3, 0.4) is 0 Å². The van der Waals surface area contributed by atoms with Crippen LogP contribution in [0.1, 0.15) is 29.5 Å². The predicted octanol–water partition coefficient (Wildman–Crippen LogP) is 4.64. The molecule has 0 spiro atoms. The zero-order valence-electron chi connectivity index (χ0n) is 15.2. The zero-order valence-corrected chi connectivity index (χ0v) is 16.0. The predicted molar refractivity (Wildman–Crippen MR) is 103 cm³/mol. The van der Waals surface area contributed by atoms with Gasteiger partial charge in [0.25, 0.3) is 11.9 Å². The van der Waals surface area contributed by atoms with Gasteiger partial charge in [0.1, 0.15) is 17.5 Å². The Labute approximate surface area is 169 Å². The molecular weight excluding hydrogens is 412 g/mol. The molecule has 0 fully saturated rings. The van der Waals surface area contributed by atoms with E-state index in [0.717, 1.165) is 19.1 Å². The first-order chi connectivity index (χ1) is 13.6. The summed E-state index contributed by atoms with van der Waals surface area (Å²) in [6.45, 7) is 0.0380. The number of nitrogens with zero attached hydrogens (tertiary/aromatic N) is 1. The third kappa shape index (κ3) is 4.45. The molecule has 29 heavy (non-hydrogen) atoms. The molecule has 0 aromatic heterocycles. The third-order valence-electron chi connectivity index (χ3n) is 4.59. The summed E-state index contributed by atoms with van der Waals surface area (Å²) in [5.74, 6) is -6.28. The van der Waals surface area contributed by atoms with Crippen molar-refractivity contribution in [1.29, 1.82) is 5.41 Å². The van der Waals surface area contributed by atoms with Gasteiger partial charge in [0.05, 0.1) is 18.0 Å². The van der Waals surface area contributed by atoms with Gasteiger partial charge < -0.3 is 15.8 Å². The summed E-state index contributed by atoms with van der Waals surface area (Å²) in [6.07, 6.45) is 0. The number of anilines is 1. The van der Waals surface area contributed by atoms with Crippen molar-refractivity contribution < 1.29 is 22.3 Å². The van der Waals surface area contributed by atoms with Gasteiger partial charge >= 0.3 is 0 Å². The number of ether oxygens (including phenoxy) is 1. The number of aliphatic imine (C=N–C) groups is 1. The van der Waals surface area contributed by atoms with E-state index in [0.29, 0.717) is 11.3 Å². The molecule has 0 aliphatic carbocycles. The number of fused-ring (bicyclic) bond motifs is 1. The van der Waals surface area contributed by atoms with Gasteiger partial charge in [-0.2, -0.15) is 0 Å². The molecule has 154 valence electrons. The van der Waals surface area contributed by atoms with Crippen molar-refractivity contribution >= 4 is 29.1 Å². The van der Waals surface area contributed by atoms with Crippen molar-refractivity contribution in [1.82, 2.24) is 0 Å². The Morgan fingerprint density at radius 2 is 2.03 bits per heavy atom. The lowest BCUT2D eigenvalue weighted by molar-refractivity contribution is -0.0649. The lowest BCUT2D eigenvalue weighted by atomic mass is 9.92. The second kappa shape index (κ2) is 7.90. The SMILES string of the molecule is CC(c1cc2c(cc1F)CN=C(c1ccc(Cl)cc1F)N2)C(F)(F)COC(=N)N. The molecule has 2 aromatic rings. The number of amidine groups is 2. The largest absolute Gasteiger partial charge is 0.459 e. The topological polar surface area (TPSA) is 83.5 Å². The van der Waals surface area contributed by atoms with Crippen molar-refractivity contribution in [2.75, 3.05) is 11.9 Å². The molecule has 1 heterocycles. The molecule has 1 aliphatic heterocycles. The van der Waals surface area contributed by atoms with Crippen molar-refractivity contribution in [2.45, 2.75) is 25.3 Å². The molecule has 5 nitrogen and oxygen atoms in total. The number of alkyl halides is 2. The fourth-order valence-electron chi connectivity index (χ4n) is 2.90. The van der Waals surface area contributed by atoms with Gasteiger partial charge in [0.15, 0.2) is 6.61 Å². The average Bonchev–Trinajstić information content (AvgIpc) is 2.65. The van der Waals surface area contributed by atoms with Gasteiger partial charge in [-0.3, -0.25) is 10.4 Å². The third-order valence-corrected chi connectivity index (χ3v) is 4.82. The molecule has 4 N–H and O–H groups in total. The normalized spacial score (nSPS) is 14.5.